The summed E-state index contributed by atoms with van der Waals surface area (Å²) in [6.45, 7) is 1.81. The van der Waals surface area contributed by atoms with Crippen molar-refractivity contribution >= 4 is 6.29 Å². The third-order valence-corrected chi connectivity index (χ3v) is 1.79. The third-order valence-electron chi connectivity index (χ3n) is 1.79. The van der Waals surface area contributed by atoms with E-state index in [-0.39, 0.29) is 5.92 Å². The summed E-state index contributed by atoms with van der Waals surface area (Å²) in [6.07, 6.45) is 1.93. The molecule has 0 bridgehead atoms. The Morgan fingerprint density at radius 2 is 1.92 bits per heavy atom. The molecular weight excluding hydrogens is 152 g/mol. The molecule has 1 aromatic carbocycles. The first kappa shape index (κ1) is 8.78. The fourth-order valence-electron chi connectivity index (χ4n) is 0.961. The van der Waals surface area contributed by atoms with Crippen LogP contribution in [0.15, 0.2) is 24.3 Å². The van der Waals surface area contributed by atoms with E-state index in [0.717, 1.165) is 11.3 Å². The summed E-state index contributed by atoms with van der Waals surface area (Å²) in [5.41, 5.74) is 0.964. The SMILES string of the molecule is COc1ccc(C(C)[C]=O)cc1. The predicted molar refractivity (Wildman–Crippen MR) is 47.1 cm³/mol. The summed E-state index contributed by atoms with van der Waals surface area (Å²) in [4.78, 5) is 10.3. The van der Waals surface area contributed by atoms with Crippen molar-refractivity contribution < 1.29 is 9.53 Å². The van der Waals surface area contributed by atoms with Gasteiger partial charge in [0, 0.05) is 5.92 Å². The Bertz CT molecular complexity index is 251. The van der Waals surface area contributed by atoms with Crippen LogP contribution in [0.1, 0.15) is 18.4 Å². The Labute approximate surface area is 72.2 Å². The molecule has 0 heterocycles. The van der Waals surface area contributed by atoms with E-state index in [1.807, 2.05) is 37.5 Å². The Hall–Kier alpha value is -1.31. The molecule has 0 aliphatic carbocycles. The van der Waals surface area contributed by atoms with Crippen LogP contribution in [0.4, 0.5) is 0 Å². The van der Waals surface area contributed by atoms with E-state index in [4.69, 9.17) is 4.74 Å². The van der Waals surface area contributed by atoms with Gasteiger partial charge < -0.3 is 4.74 Å². The normalized spacial score (nSPS) is 12.2. The average molecular weight is 163 g/mol. The maximum Gasteiger partial charge on any atom is 0.206 e. The van der Waals surface area contributed by atoms with Crippen LogP contribution in [0.3, 0.4) is 0 Å². The van der Waals surface area contributed by atoms with Crippen LogP contribution in [-0.2, 0) is 4.79 Å². The molecule has 0 aliphatic heterocycles. The molecule has 0 aromatic heterocycles. The lowest BCUT2D eigenvalue weighted by molar-refractivity contribution is 0.414. The molecule has 0 saturated heterocycles. The van der Waals surface area contributed by atoms with Crippen LogP contribution in [0.25, 0.3) is 0 Å². The number of methoxy groups -OCH3 is 1. The summed E-state index contributed by atoms with van der Waals surface area (Å²) >= 11 is 0. The second kappa shape index (κ2) is 3.90. The molecule has 0 saturated carbocycles. The highest BCUT2D eigenvalue weighted by atomic mass is 16.5. The van der Waals surface area contributed by atoms with E-state index in [0.29, 0.717) is 0 Å². The van der Waals surface area contributed by atoms with Gasteiger partial charge >= 0.3 is 0 Å². The summed E-state index contributed by atoms with van der Waals surface area (Å²) < 4.78 is 4.98. The van der Waals surface area contributed by atoms with Gasteiger partial charge in [0.1, 0.15) is 5.75 Å². The van der Waals surface area contributed by atoms with Crippen molar-refractivity contribution in [2.45, 2.75) is 12.8 Å². The summed E-state index contributed by atoms with van der Waals surface area (Å²) in [6, 6.07) is 7.41. The molecule has 2 nitrogen and oxygen atoms in total. The monoisotopic (exact) mass is 163 g/mol. The standard InChI is InChI=1S/C10H11O2/c1-8(7-11)9-3-5-10(12-2)6-4-9/h3-6,8H,1-2H3. The highest BCUT2D eigenvalue weighted by Gasteiger charge is 2.03. The molecule has 1 atom stereocenters. The van der Waals surface area contributed by atoms with Crippen LogP contribution < -0.4 is 4.74 Å². The van der Waals surface area contributed by atoms with E-state index >= 15 is 0 Å². The summed E-state index contributed by atoms with van der Waals surface area (Å²) in [7, 11) is 1.62. The molecule has 0 amide bonds. The Morgan fingerprint density at radius 3 is 2.33 bits per heavy atom. The maximum atomic E-state index is 10.3. The second-order valence-corrected chi connectivity index (χ2v) is 2.61. The molecule has 63 valence electrons. The van der Waals surface area contributed by atoms with Crippen molar-refractivity contribution in [3.05, 3.63) is 29.8 Å². The van der Waals surface area contributed by atoms with Crippen molar-refractivity contribution in [2.75, 3.05) is 7.11 Å². The van der Waals surface area contributed by atoms with Gasteiger partial charge in [-0.15, -0.1) is 0 Å². The zero-order valence-corrected chi connectivity index (χ0v) is 7.20. The van der Waals surface area contributed by atoms with Gasteiger partial charge in [0.05, 0.1) is 7.11 Å². The van der Waals surface area contributed by atoms with Gasteiger partial charge in [-0.1, -0.05) is 19.1 Å². The van der Waals surface area contributed by atoms with Crippen LogP contribution in [0.2, 0.25) is 0 Å². The average Bonchev–Trinajstić information content (AvgIpc) is 2.17. The van der Waals surface area contributed by atoms with Crippen molar-refractivity contribution in [1.29, 1.82) is 0 Å². The molecule has 0 spiro atoms. The first-order chi connectivity index (χ1) is 5.77. The van der Waals surface area contributed by atoms with Gasteiger partial charge in [-0.05, 0) is 17.7 Å². The highest BCUT2D eigenvalue weighted by molar-refractivity contribution is 5.62. The minimum atomic E-state index is -0.157. The zero-order chi connectivity index (χ0) is 8.97. The Balaban J connectivity index is 2.84. The van der Waals surface area contributed by atoms with E-state index in [9.17, 15) is 4.79 Å². The quantitative estimate of drug-likeness (QED) is 0.680. The van der Waals surface area contributed by atoms with Gasteiger partial charge in [-0.3, -0.25) is 4.79 Å². The molecule has 1 radical (unpaired) electrons. The van der Waals surface area contributed by atoms with Crippen molar-refractivity contribution in [2.24, 2.45) is 0 Å². The van der Waals surface area contributed by atoms with Crippen LogP contribution in [0, 0.1) is 0 Å². The highest BCUT2D eigenvalue weighted by Crippen LogP contribution is 2.16. The number of rotatable bonds is 3. The van der Waals surface area contributed by atoms with Gasteiger partial charge in [0.2, 0.25) is 6.29 Å². The van der Waals surface area contributed by atoms with Gasteiger partial charge in [0.25, 0.3) is 0 Å². The second-order valence-electron chi connectivity index (χ2n) is 2.61. The Kier molecular flexibility index (Phi) is 2.86. The van der Waals surface area contributed by atoms with Crippen molar-refractivity contribution in [3.63, 3.8) is 0 Å². The van der Waals surface area contributed by atoms with Crippen molar-refractivity contribution in [1.82, 2.24) is 0 Å². The van der Waals surface area contributed by atoms with Crippen LogP contribution in [0.5, 0.6) is 5.75 Å². The van der Waals surface area contributed by atoms with E-state index < -0.39 is 0 Å². The predicted octanol–water partition coefficient (Wildman–Crippen LogP) is 1.91. The molecule has 1 aromatic rings. The fraction of sp³-hybridized carbons (Fsp3) is 0.300. The minimum absolute atomic E-state index is 0.157. The molecule has 2 heteroatoms. The first-order valence-corrected chi connectivity index (χ1v) is 3.79. The lowest BCUT2D eigenvalue weighted by Gasteiger charge is -2.03. The van der Waals surface area contributed by atoms with Gasteiger partial charge in [-0.25, -0.2) is 0 Å². The van der Waals surface area contributed by atoms with E-state index in [1.54, 1.807) is 7.11 Å². The lowest BCUT2D eigenvalue weighted by atomic mass is 10.0. The number of hydrogen-bond acceptors (Lipinski definition) is 2. The number of hydrogen-bond donors (Lipinski definition) is 0. The lowest BCUT2D eigenvalue weighted by Crippen LogP contribution is -1.93. The number of benzene rings is 1. The smallest absolute Gasteiger partial charge is 0.206 e. The molecule has 0 N–H and O–H groups in total. The molecular formula is C10H11O2. The summed E-state index contributed by atoms with van der Waals surface area (Å²) in [5, 5.41) is 0. The molecule has 1 rings (SSSR count). The van der Waals surface area contributed by atoms with Crippen molar-refractivity contribution in [3.8, 4) is 5.75 Å². The molecule has 12 heavy (non-hydrogen) atoms. The van der Waals surface area contributed by atoms with Gasteiger partial charge in [0.15, 0.2) is 0 Å². The van der Waals surface area contributed by atoms with Gasteiger partial charge in [-0.2, -0.15) is 0 Å². The minimum Gasteiger partial charge on any atom is -0.497 e. The van der Waals surface area contributed by atoms with E-state index in [2.05, 4.69) is 0 Å². The largest absolute Gasteiger partial charge is 0.497 e. The zero-order valence-electron chi connectivity index (χ0n) is 7.20. The number of carbonyl (C=O) groups excluding carboxylic acids is 1. The first-order valence-electron chi connectivity index (χ1n) is 3.79. The molecule has 0 fully saturated rings. The molecule has 1 unspecified atom stereocenters. The summed E-state index contributed by atoms with van der Waals surface area (Å²) in [5.74, 6) is 0.646. The maximum absolute atomic E-state index is 10.3. The number of ether oxygens (including phenoxy) is 1. The van der Waals surface area contributed by atoms with Crippen LogP contribution in [-0.4, -0.2) is 13.4 Å². The topological polar surface area (TPSA) is 26.3 Å². The van der Waals surface area contributed by atoms with Crippen LogP contribution >= 0.6 is 0 Å². The fourth-order valence-corrected chi connectivity index (χ4v) is 0.961. The molecule has 0 aliphatic rings. The van der Waals surface area contributed by atoms with E-state index in [1.165, 1.54) is 0 Å². The Morgan fingerprint density at radius 1 is 1.33 bits per heavy atom. The third kappa shape index (κ3) is 1.84.